The van der Waals surface area contributed by atoms with E-state index in [1.807, 2.05) is 0 Å². The Morgan fingerprint density at radius 3 is 2.47 bits per heavy atom. The molecule has 0 aromatic carbocycles. The van der Waals surface area contributed by atoms with E-state index in [-0.39, 0.29) is 24.9 Å². The predicted octanol–water partition coefficient (Wildman–Crippen LogP) is 2.61. The summed E-state index contributed by atoms with van der Waals surface area (Å²) in [6.07, 6.45) is 4.15. The third kappa shape index (κ3) is 4.75. The van der Waals surface area contributed by atoms with E-state index in [1.54, 1.807) is 0 Å². The Morgan fingerprint density at radius 1 is 1.24 bits per heavy atom. The molecule has 2 unspecified atom stereocenters. The maximum atomic E-state index is 11.5. The van der Waals surface area contributed by atoms with Crippen molar-refractivity contribution in [1.29, 1.82) is 0 Å². The normalized spacial score (nSPS) is 24.6. The van der Waals surface area contributed by atoms with Crippen LogP contribution in [-0.4, -0.2) is 23.1 Å². The van der Waals surface area contributed by atoms with Gasteiger partial charge in [-0.25, -0.2) is 0 Å². The van der Waals surface area contributed by atoms with Crippen LogP contribution in [0.3, 0.4) is 0 Å². The minimum Gasteiger partial charge on any atom is -0.481 e. The maximum Gasteiger partial charge on any atom is 0.306 e. The number of rotatable bonds is 5. The van der Waals surface area contributed by atoms with E-state index in [9.17, 15) is 9.59 Å². The zero-order chi connectivity index (χ0) is 12.8. The van der Waals surface area contributed by atoms with Crippen LogP contribution in [0.4, 0.5) is 0 Å². The van der Waals surface area contributed by atoms with Gasteiger partial charge in [0.05, 0.1) is 12.8 Å². The Bertz CT molecular complexity index is 273. The fraction of sp³-hybridized carbons (Fsp3) is 0.846. The number of ether oxygens (including phenoxy) is 1. The average Bonchev–Trinajstić information content (AvgIpc) is 2.27. The van der Waals surface area contributed by atoms with E-state index in [1.165, 1.54) is 6.42 Å². The summed E-state index contributed by atoms with van der Waals surface area (Å²) in [7, 11) is 0. The Labute approximate surface area is 102 Å². The molecule has 0 radical (unpaired) electrons. The van der Waals surface area contributed by atoms with Gasteiger partial charge in [0.2, 0.25) is 0 Å². The molecule has 1 aliphatic rings. The third-order valence-corrected chi connectivity index (χ3v) is 3.44. The van der Waals surface area contributed by atoms with Crippen molar-refractivity contribution in [1.82, 2.24) is 0 Å². The molecular weight excluding hydrogens is 220 g/mol. The number of esters is 1. The van der Waals surface area contributed by atoms with Gasteiger partial charge in [0.1, 0.15) is 6.10 Å². The standard InChI is InChI=1S/C13H22O4/c1-9(2)10-5-3-4-6-11(10)17-13(16)8-7-12(14)15/h9-11H,3-8H2,1-2H3,(H,14,15). The van der Waals surface area contributed by atoms with Gasteiger partial charge >= 0.3 is 11.9 Å². The van der Waals surface area contributed by atoms with E-state index in [0.29, 0.717) is 11.8 Å². The molecular formula is C13H22O4. The van der Waals surface area contributed by atoms with Gasteiger partial charge in [-0.05, 0) is 31.1 Å². The smallest absolute Gasteiger partial charge is 0.306 e. The lowest BCUT2D eigenvalue weighted by molar-refractivity contribution is -0.157. The molecule has 2 atom stereocenters. The average molecular weight is 242 g/mol. The van der Waals surface area contributed by atoms with E-state index in [2.05, 4.69) is 13.8 Å². The lowest BCUT2D eigenvalue weighted by atomic mass is 9.79. The highest BCUT2D eigenvalue weighted by atomic mass is 16.5. The van der Waals surface area contributed by atoms with E-state index >= 15 is 0 Å². The van der Waals surface area contributed by atoms with E-state index in [4.69, 9.17) is 9.84 Å². The second kappa shape index (κ2) is 6.62. The molecule has 4 nitrogen and oxygen atoms in total. The van der Waals surface area contributed by atoms with Gasteiger partial charge in [0.25, 0.3) is 0 Å². The molecule has 0 aromatic heterocycles. The fourth-order valence-electron chi connectivity index (χ4n) is 2.47. The van der Waals surface area contributed by atoms with Crippen molar-refractivity contribution >= 4 is 11.9 Å². The molecule has 0 aromatic rings. The number of aliphatic carboxylic acids is 1. The Kier molecular flexibility index (Phi) is 5.45. The van der Waals surface area contributed by atoms with Gasteiger partial charge in [0.15, 0.2) is 0 Å². The minimum atomic E-state index is -0.953. The van der Waals surface area contributed by atoms with Crippen LogP contribution < -0.4 is 0 Å². The molecule has 1 fully saturated rings. The van der Waals surface area contributed by atoms with Crippen LogP contribution in [0, 0.1) is 11.8 Å². The van der Waals surface area contributed by atoms with Crippen LogP contribution in [0.5, 0.6) is 0 Å². The van der Waals surface area contributed by atoms with Gasteiger partial charge in [-0.15, -0.1) is 0 Å². The minimum absolute atomic E-state index is 0.00922. The molecule has 0 saturated heterocycles. The molecule has 0 aliphatic heterocycles. The second-order valence-corrected chi connectivity index (χ2v) is 5.11. The lowest BCUT2D eigenvalue weighted by Gasteiger charge is -2.33. The number of carbonyl (C=O) groups excluding carboxylic acids is 1. The summed E-state index contributed by atoms with van der Waals surface area (Å²) in [6, 6.07) is 0. The van der Waals surface area contributed by atoms with Crippen molar-refractivity contribution in [3.63, 3.8) is 0 Å². The molecule has 1 rings (SSSR count). The van der Waals surface area contributed by atoms with Gasteiger partial charge in [-0.2, -0.15) is 0 Å². The van der Waals surface area contributed by atoms with Crippen molar-refractivity contribution in [2.75, 3.05) is 0 Å². The highest BCUT2D eigenvalue weighted by molar-refractivity contribution is 5.76. The second-order valence-electron chi connectivity index (χ2n) is 5.11. The Morgan fingerprint density at radius 2 is 1.88 bits per heavy atom. The van der Waals surface area contributed by atoms with Crippen LogP contribution >= 0.6 is 0 Å². The highest BCUT2D eigenvalue weighted by Gasteiger charge is 2.30. The quantitative estimate of drug-likeness (QED) is 0.753. The first kappa shape index (κ1) is 14.0. The number of carboxylic acids is 1. The zero-order valence-corrected chi connectivity index (χ0v) is 10.6. The number of hydrogen-bond donors (Lipinski definition) is 1. The van der Waals surface area contributed by atoms with Crippen molar-refractivity contribution < 1.29 is 19.4 Å². The lowest BCUT2D eigenvalue weighted by Crippen LogP contribution is -2.33. The van der Waals surface area contributed by atoms with Crippen LogP contribution in [0.25, 0.3) is 0 Å². The zero-order valence-electron chi connectivity index (χ0n) is 10.6. The van der Waals surface area contributed by atoms with Gasteiger partial charge in [-0.1, -0.05) is 20.3 Å². The van der Waals surface area contributed by atoms with Crippen LogP contribution in [-0.2, 0) is 14.3 Å². The molecule has 0 heterocycles. The SMILES string of the molecule is CC(C)C1CCCCC1OC(=O)CCC(=O)O. The number of carbonyl (C=O) groups is 2. The largest absolute Gasteiger partial charge is 0.481 e. The van der Waals surface area contributed by atoms with Gasteiger partial charge in [0, 0.05) is 0 Å². The predicted molar refractivity (Wildman–Crippen MR) is 63.5 cm³/mol. The molecule has 4 heteroatoms. The van der Waals surface area contributed by atoms with Crippen molar-refractivity contribution in [3.8, 4) is 0 Å². The van der Waals surface area contributed by atoms with Gasteiger partial charge in [-0.3, -0.25) is 9.59 Å². The number of hydrogen-bond acceptors (Lipinski definition) is 3. The topological polar surface area (TPSA) is 63.6 Å². The summed E-state index contributed by atoms with van der Waals surface area (Å²) in [5.41, 5.74) is 0. The molecule has 1 aliphatic carbocycles. The summed E-state index contributed by atoms with van der Waals surface area (Å²) in [6.45, 7) is 4.29. The summed E-state index contributed by atoms with van der Waals surface area (Å²) < 4.78 is 5.41. The van der Waals surface area contributed by atoms with Crippen LogP contribution in [0.1, 0.15) is 52.4 Å². The number of carboxylic acid groups (broad SMARTS) is 1. The van der Waals surface area contributed by atoms with Crippen LogP contribution in [0.2, 0.25) is 0 Å². The fourth-order valence-corrected chi connectivity index (χ4v) is 2.47. The van der Waals surface area contributed by atoms with Crippen molar-refractivity contribution in [3.05, 3.63) is 0 Å². The molecule has 17 heavy (non-hydrogen) atoms. The van der Waals surface area contributed by atoms with Gasteiger partial charge < -0.3 is 9.84 Å². The van der Waals surface area contributed by atoms with Crippen molar-refractivity contribution in [2.45, 2.75) is 58.5 Å². The maximum absolute atomic E-state index is 11.5. The first-order valence-electron chi connectivity index (χ1n) is 6.42. The first-order chi connectivity index (χ1) is 8.00. The Balaban J connectivity index is 2.41. The molecule has 0 spiro atoms. The highest BCUT2D eigenvalue weighted by Crippen LogP contribution is 2.32. The third-order valence-electron chi connectivity index (χ3n) is 3.44. The van der Waals surface area contributed by atoms with Crippen LogP contribution in [0.15, 0.2) is 0 Å². The molecule has 1 N–H and O–H groups in total. The monoisotopic (exact) mass is 242 g/mol. The summed E-state index contributed by atoms with van der Waals surface area (Å²) in [5.74, 6) is -0.388. The van der Waals surface area contributed by atoms with Crippen molar-refractivity contribution in [2.24, 2.45) is 11.8 Å². The molecule has 0 amide bonds. The summed E-state index contributed by atoms with van der Waals surface area (Å²) in [5, 5.41) is 8.50. The molecule has 1 saturated carbocycles. The van der Waals surface area contributed by atoms with E-state index in [0.717, 1.165) is 19.3 Å². The Hall–Kier alpha value is -1.06. The van der Waals surface area contributed by atoms with E-state index < -0.39 is 5.97 Å². The summed E-state index contributed by atoms with van der Waals surface area (Å²) >= 11 is 0. The molecule has 0 bridgehead atoms. The molecule has 98 valence electrons. The first-order valence-corrected chi connectivity index (χ1v) is 6.42. The summed E-state index contributed by atoms with van der Waals surface area (Å²) in [4.78, 5) is 21.9.